The second-order valence-electron chi connectivity index (χ2n) is 4.53. The van der Waals surface area contributed by atoms with Gasteiger partial charge in [-0.3, -0.25) is 0 Å². The number of pyridine rings is 1. The minimum absolute atomic E-state index is 0.725. The van der Waals surface area contributed by atoms with Crippen molar-refractivity contribution in [3.05, 3.63) is 58.9 Å². The Morgan fingerprint density at radius 1 is 0.882 bits per heavy atom. The third kappa shape index (κ3) is 1.53. The van der Waals surface area contributed by atoms with Crippen LogP contribution in [0.1, 0.15) is 11.1 Å². The maximum absolute atomic E-state index is 11.7. The number of fused-ring (bicyclic) bond motifs is 2. The highest BCUT2D eigenvalue weighted by Gasteiger charge is 2.06. The fourth-order valence-electron chi connectivity index (χ4n) is 2.21. The minimum Gasteiger partial charge on any atom is -0.618 e. The zero-order chi connectivity index (χ0) is 12.0. The Kier molecular flexibility index (Phi) is 2.05. The molecule has 0 atom stereocenters. The van der Waals surface area contributed by atoms with Crippen LogP contribution in [0.3, 0.4) is 0 Å². The van der Waals surface area contributed by atoms with Crippen LogP contribution in [0, 0.1) is 19.1 Å². The van der Waals surface area contributed by atoms with Crippen molar-refractivity contribution < 1.29 is 4.73 Å². The summed E-state index contributed by atoms with van der Waals surface area (Å²) in [5, 5.41) is 15.0. The van der Waals surface area contributed by atoms with Gasteiger partial charge in [-0.15, -0.1) is 0 Å². The van der Waals surface area contributed by atoms with Crippen LogP contribution in [0.25, 0.3) is 21.7 Å². The Balaban J connectivity index is 2.48. The van der Waals surface area contributed by atoms with Gasteiger partial charge >= 0.3 is 0 Å². The van der Waals surface area contributed by atoms with Gasteiger partial charge in [-0.1, -0.05) is 12.1 Å². The number of hydrogen-bond acceptors (Lipinski definition) is 1. The third-order valence-electron chi connectivity index (χ3n) is 3.33. The fraction of sp³-hybridized carbons (Fsp3) is 0.133. The number of hydrogen-bond donors (Lipinski definition) is 0. The SMILES string of the molecule is Cc1cc2cc3ccc[n+]([O-])c3cc2cc1C. The maximum Gasteiger partial charge on any atom is 0.224 e. The summed E-state index contributed by atoms with van der Waals surface area (Å²) < 4.78 is 0.921. The molecule has 0 N–H and O–H groups in total. The van der Waals surface area contributed by atoms with Crippen LogP contribution in [-0.2, 0) is 0 Å². The van der Waals surface area contributed by atoms with Gasteiger partial charge in [0.1, 0.15) is 0 Å². The van der Waals surface area contributed by atoms with E-state index in [0.717, 1.165) is 21.0 Å². The molecule has 2 nitrogen and oxygen atoms in total. The highest BCUT2D eigenvalue weighted by atomic mass is 16.5. The lowest BCUT2D eigenvalue weighted by Crippen LogP contribution is -2.25. The van der Waals surface area contributed by atoms with Crippen molar-refractivity contribution in [1.82, 2.24) is 0 Å². The van der Waals surface area contributed by atoms with Crippen LogP contribution in [-0.4, -0.2) is 0 Å². The van der Waals surface area contributed by atoms with E-state index in [0.29, 0.717) is 0 Å². The van der Waals surface area contributed by atoms with Crippen LogP contribution < -0.4 is 4.73 Å². The number of nitrogens with zero attached hydrogens (tertiary/aromatic N) is 1. The van der Waals surface area contributed by atoms with Gasteiger partial charge in [0.25, 0.3) is 0 Å². The van der Waals surface area contributed by atoms with Crippen molar-refractivity contribution >= 4 is 21.7 Å². The minimum atomic E-state index is 0.725. The van der Waals surface area contributed by atoms with Crippen LogP contribution >= 0.6 is 0 Å². The zero-order valence-electron chi connectivity index (χ0n) is 9.90. The average Bonchev–Trinajstić information content (AvgIpc) is 2.29. The summed E-state index contributed by atoms with van der Waals surface area (Å²) in [7, 11) is 0. The van der Waals surface area contributed by atoms with Crippen molar-refractivity contribution in [3.63, 3.8) is 0 Å². The highest BCUT2D eigenvalue weighted by molar-refractivity contribution is 5.95. The lowest BCUT2D eigenvalue weighted by Gasteiger charge is -2.06. The van der Waals surface area contributed by atoms with E-state index < -0.39 is 0 Å². The molecular formula is C15H13NO. The van der Waals surface area contributed by atoms with E-state index in [1.165, 1.54) is 22.7 Å². The molecule has 2 heteroatoms. The molecule has 0 saturated carbocycles. The standard InChI is InChI=1S/C15H13NO/c1-10-6-13-8-12-4-3-5-16(17)15(12)9-14(13)7-11(10)2/h3-9H,1-2H3. The molecule has 0 saturated heterocycles. The number of rotatable bonds is 0. The van der Waals surface area contributed by atoms with Gasteiger partial charge in [0.2, 0.25) is 5.52 Å². The smallest absolute Gasteiger partial charge is 0.224 e. The van der Waals surface area contributed by atoms with Gasteiger partial charge in [-0.05, 0) is 47.9 Å². The Bertz CT molecular complexity index is 732. The molecule has 3 rings (SSSR count). The van der Waals surface area contributed by atoms with Gasteiger partial charge in [0, 0.05) is 17.5 Å². The molecule has 0 aliphatic heterocycles. The van der Waals surface area contributed by atoms with Crippen LogP contribution in [0.15, 0.2) is 42.6 Å². The molecule has 0 aliphatic carbocycles. The second kappa shape index (κ2) is 3.45. The summed E-state index contributed by atoms with van der Waals surface area (Å²) in [5.41, 5.74) is 3.26. The Morgan fingerprint density at radius 2 is 1.53 bits per heavy atom. The predicted molar refractivity (Wildman–Crippen MR) is 69.9 cm³/mol. The van der Waals surface area contributed by atoms with Crippen LogP contribution in [0.2, 0.25) is 0 Å². The molecule has 1 heterocycles. The molecule has 0 amide bonds. The lowest BCUT2D eigenvalue weighted by molar-refractivity contribution is -0.576. The average molecular weight is 223 g/mol. The summed E-state index contributed by atoms with van der Waals surface area (Å²) in [4.78, 5) is 0. The van der Waals surface area contributed by atoms with Crippen LogP contribution in [0.4, 0.5) is 0 Å². The Labute approximate surface area is 99.7 Å². The van der Waals surface area contributed by atoms with Gasteiger partial charge in [0.15, 0.2) is 6.20 Å². The predicted octanol–water partition coefficient (Wildman–Crippen LogP) is 3.24. The number of aryl methyl sites for hydroxylation is 2. The van der Waals surface area contributed by atoms with E-state index in [2.05, 4.69) is 32.0 Å². The Morgan fingerprint density at radius 3 is 2.24 bits per heavy atom. The zero-order valence-corrected chi connectivity index (χ0v) is 9.90. The molecule has 0 unspecified atom stereocenters. The normalized spacial score (nSPS) is 11.2. The van der Waals surface area contributed by atoms with Crippen molar-refractivity contribution in [2.75, 3.05) is 0 Å². The van der Waals surface area contributed by atoms with E-state index in [4.69, 9.17) is 0 Å². The first-order chi connectivity index (χ1) is 8.15. The molecule has 17 heavy (non-hydrogen) atoms. The largest absolute Gasteiger partial charge is 0.618 e. The van der Waals surface area contributed by atoms with Crippen molar-refractivity contribution in [3.8, 4) is 0 Å². The first-order valence-corrected chi connectivity index (χ1v) is 5.68. The number of aromatic nitrogens is 1. The van der Waals surface area contributed by atoms with E-state index in [-0.39, 0.29) is 0 Å². The van der Waals surface area contributed by atoms with Crippen LogP contribution in [0.5, 0.6) is 0 Å². The number of benzene rings is 2. The molecule has 84 valence electrons. The molecule has 1 aromatic heterocycles. The van der Waals surface area contributed by atoms with Gasteiger partial charge in [0.05, 0.1) is 0 Å². The first-order valence-electron chi connectivity index (χ1n) is 5.68. The molecular weight excluding hydrogens is 210 g/mol. The summed E-state index contributed by atoms with van der Waals surface area (Å²) in [6, 6.07) is 12.1. The molecule has 0 aliphatic rings. The Hall–Kier alpha value is -2.09. The second-order valence-corrected chi connectivity index (χ2v) is 4.53. The van der Waals surface area contributed by atoms with E-state index >= 15 is 0 Å². The van der Waals surface area contributed by atoms with E-state index in [1.807, 2.05) is 12.1 Å². The van der Waals surface area contributed by atoms with Gasteiger partial charge in [-0.2, -0.15) is 4.73 Å². The molecule has 2 aromatic carbocycles. The summed E-state index contributed by atoms with van der Waals surface area (Å²) in [5.74, 6) is 0. The molecule has 0 spiro atoms. The third-order valence-corrected chi connectivity index (χ3v) is 3.33. The molecule has 0 fully saturated rings. The summed E-state index contributed by atoms with van der Waals surface area (Å²) in [6.07, 6.45) is 1.54. The quantitative estimate of drug-likeness (QED) is 0.326. The van der Waals surface area contributed by atoms with Gasteiger partial charge in [-0.25, -0.2) is 0 Å². The lowest BCUT2D eigenvalue weighted by atomic mass is 10.0. The first kappa shape index (κ1) is 10.1. The van der Waals surface area contributed by atoms with Crippen molar-refractivity contribution in [2.45, 2.75) is 13.8 Å². The van der Waals surface area contributed by atoms with E-state index in [9.17, 15) is 5.21 Å². The topological polar surface area (TPSA) is 26.9 Å². The highest BCUT2D eigenvalue weighted by Crippen LogP contribution is 2.23. The van der Waals surface area contributed by atoms with Gasteiger partial charge < -0.3 is 5.21 Å². The van der Waals surface area contributed by atoms with Crippen molar-refractivity contribution in [1.29, 1.82) is 0 Å². The molecule has 3 aromatic rings. The monoisotopic (exact) mass is 223 g/mol. The summed E-state index contributed by atoms with van der Waals surface area (Å²) >= 11 is 0. The van der Waals surface area contributed by atoms with Crippen molar-refractivity contribution in [2.24, 2.45) is 0 Å². The summed E-state index contributed by atoms with van der Waals surface area (Å²) in [6.45, 7) is 4.20. The fourth-order valence-corrected chi connectivity index (χ4v) is 2.21. The van der Waals surface area contributed by atoms with E-state index in [1.54, 1.807) is 6.07 Å². The molecule has 0 bridgehead atoms. The molecule has 0 radical (unpaired) electrons. The maximum atomic E-state index is 11.7.